The molecule has 5 heteroatoms. The Labute approximate surface area is 147 Å². The highest BCUT2D eigenvalue weighted by Crippen LogP contribution is 2.18. The molecule has 0 saturated carbocycles. The fourth-order valence-electron chi connectivity index (χ4n) is 2.46. The molecule has 1 N–H and O–H groups in total. The lowest BCUT2D eigenvalue weighted by Gasteiger charge is -2.18. The molecule has 1 amide bonds. The van der Waals surface area contributed by atoms with E-state index >= 15 is 0 Å². The average molecular weight is 343 g/mol. The fraction of sp³-hybridized carbons (Fsp3) is 0.300. The van der Waals surface area contributed by atoms with Crippen molar-refractivity contribution in [2.75, 3.05) is 6.54 Å². The zero-order chi connectivity index (χ0) is 18.2. The van der Waals surface area contributed by atoms with E-state index < -0.39 is 17.9 Å². The lowest BCUT2D eigenvalue weighted by atomic mass is 9.96. The van der Waals surface area contributed by atoms with Gasteiger partial charge in [-0.25, -0.2) is 9.18 Å². The van der Waals surface area contributed by atoms with E-state index in [1.807, 2.05) is 30.3 Å². The molecule has 132 valence electrons. The zero-order valence-electron chi connectivity index (χ0n) is 14.4. The van der Waals surface area contributed by atoms with E-state index in [0.717, 1.165) is 12.0 Å². The minimum Gasteiger partial charge on any atom is -0.449 e. The van der Waals surface area contributed by atoms with Crippen molar-refractivity contribution in [2.45, 2.75) is 32.3 Å². The normalized spacial score (nSPS) is 12.9. The molecule has 4 nitrogen and oxygen atoms in total. The van der Waals surface area contributed by atoms with Crippen LogP contribution in [0.2, 0.25) is 0 Å². The second-order valence-corrected chi connectivity index (χ2v) is 5.82. The number of hydrogen-bond acceptors (Lipinski definition) is 3. The first-order chi connectivity index (χ1) is 12.0. The van der Waals surface area contributed by atoms with Crippen molar-refractivity contribution >= 4 is 11.9 Å². The average Bonchev–Trinajstić information content (AvgIpc) is 2.63. The van der Waals surface area contributed by atoms with Gasteiger partial charge in [-0.3, -0.25) is 4.79 Å². The van der Waals surface area contributed by atoms with Crippen molar-refractivity contribution in [1.82, 2.24) is 5.32 Å². The van der Waals surface area contributed by atoms with Gasteiger partial charge in [-0.1, -0.05) is 37.3 Å². The van der Waals surface area contributed by atoms with Crippen LogP contribution in [0.25, 0.3) is 0 Å². The third-order valence-electron chi connectivity index (χ3n) is 4.02. The van der Waals surface area contributed by atoms with Gasteiger partial charge in [-0.2, -0.15) is 0 Å². The van der Waals surface area contributed by atoms with Crippen LogP contribution in [-0.2, 0) is 9.53 Å². The first-order valence-electron chi connectivity index (χ1n) is 8.30. The van der Waals surface area contributed by atoms with Gasteiger partial charge in [0.1, 0.15) is 5.82 Å². The van der Waals surface area contributed by atoms with Crippen LogP contribution in [0.15, 0.2) is 54.6 Å². The van der Waals surface area contributed by atoms with Gasteiger partial charge in [0.05, 0.1) is 5.56 Å². The maximum Gasteiger partial charge on any atom is 0.338 e. The molecule has 0 aliphatic carbocycles. The van der Waals surface area contributed by atoms with Gasteiger partial charge in [-0.05, 0) is 43.2 Å². The van der Waals surface area contributed by atoms with E-state index in [4.69, 9.17) is 4.74 Å². The van der Waals surface area contributed by atoms with Crippen LogP contribution in [0.4, 0.5) is 4.39 Å². The number of rotatable bonds is 7. The SMILES string of the molecule is CC[C@H](CNC(=O)[C@@H](C)OC(=O)c1ccc(F)cc1)c1ccccc1. The molecule has 2 aromatic carbocycles. The largest absolute Gasteiger partial charge is 0.449 e. The summed E-state index contributed by atoms with van der Waals surface area (Å²) in [5.74, 6) is -1.25. The molecule has 0 heterocycles. The maximum absolute atomic E-state index is 12.9. The molecular weight excluding hydrogens is 321 g/mol. The predicted molar refractivity (Wildman–Crippen MR) is 93.8 cm³/mol. The first-order valence-corrected chi connectivity index (χ1v) is 8.30. The van der Waals surface area contributed by atoms with Crippen LogP contribution in [0.5, 0.6) is 0 Å². The van der Waals surface area contributed by atoms with Crippen LogP contribution < -0.4 is 5.32 Å². The molecule has 0 aliphatic rings. The Kier molecular flexibility index (Phi) is 6.69. The lowest BCUT2D eigenvalue weighted by molar-refractivity contribution is -0.129. The summed E-state index contributed by atoms with van der Waals surface area (Å²) in [5.41, 5.74) is 1.36. The van der Waals surface area contributed by atoms with Gasteiger partial charge in [0.2, 0.25) is 0 Å². The van der Waals surface area contributed by atoms with E-state index in [2.05, 4.69) is 12.2 Å². The van der Waals surface area contributed by atoms with Crippen LogP contribution in [0, 0.1) is 5.82 Å². The van der Waals surface area contributed by atoms with Crippen LogP contribution in [0.1, 0.15) is 42.1 Å². The van der Waals surface area contributed by atoms with Crippen molar-refractivity contribution in [3.05, 3.63) is 71.5 Å². The van der Waals surface area contributed by atoms with Crippen molar-refractivity contribution in [3.8, 4) is 0 Å². The highest BCUT2D eigenvalue weighted by molar-refractivity contribution is 5.92. The van der Waals surface area contributed by atoms with E-state index in [-0.39, 0.29) is 17.4 Å². The Balaban J connectivity index is 1.87. The second kappa shape index (κ2) is 8.97. The Morgan fingerprint density at radius 3 is 2.32 bits per heavy atom. The Hall–Kier alpha value is -2.69. The molecule has 2 rings (SSSR count). The van der Waals surface area contributed by atoms with Gasteiger partial charge in [0, 0.05) is 12.5 Å². The highest BCUT2D eigenvalue weighted by atomic mass is 19.1. The number of hydrogen-bond donors (Lipinski definition) is 1. The topological polar surface area (TPSA) is 55.4 Å². The summed E-state index contributed by atoms with van der Waals surface area (Å²) < 4.78 is 18.0. The lowest BCUT2D eigenvalue weighted by Crippen LogP contribution is -2.38. The van der Waals surface area contributed by atoms with Gasteiger partial charge in [0.15, 0.2) is 6.10 Å². The van der Waals surface area contributed by atoms with Crippen molar-refractivity contribution in [2.24, 2.45) is 0 Å². The molecule has 0 aromatic heterocycles. The summed E-state index contributed by atoms with van der Waals surface area (Å²) in [4.78, 5) is 24.1. The number of carbonyl (C=O) groups excluding carboxylic acids is 2. The summed E-state index contributed by atoms with van der Waals surface area (Å²) in [6.07, 6.45) is -0.0422. The summed E-state index contributed by atoms with van der Waals surface area (Å²) in [5, 5.41) is 2.82. The number of esters is 1. The van der Waals surface area contributed by atoms with Crippen LogP contribution in [-0.4, -0.2) is 24.5 Å². The fourth-order valence-corrected chi connectivity index (χ4v) is 2.46. The molecule has 0 fully saturated rings. The minimum atomic E-state index is -0.925. The molecular formula is C20H22FNO3. The van der Waals surface area contributed by atoms with Crippen molar-refractivity contribution in [3.63, 3.8) is 0 Å². The summed E-state index contributed by atoms with van der Waals surface area (Å²) in [6, 6.07) is 14.9. The first kappa shape index (κ1) is 18.6. The van der Waals surface area contributed by atoms with Gasteiger partial charge in [0.25, 0.3) is 5.91 Å². The molecule has 0 saturated heterocycles. The van der Waals surface area contributed by atoms with E-state index in [1.54, 1.807) is 0 Å². The monoisotopic (exact) mass is 343 g/mol. The van der Waals surface area contributed by atoms with Gasteiger partial charge >= 0.3 is 5.97 Å². The van der Waals surface area contributed by atoms with Crippen LogP contribution >= 0.6 is 0 Å². The Morgan fingerprint density at radius 2 is 1.72 bits per heavy atom. The quantitative estimate of drug-likeness (QED) is 0.780. The Morgan fingerprint density at radius 1 is 1.08 bits per heavy atom. The summed E-state index contributed by atoms with van der Waals surface area (Å²) >= 11 is 0. The van der Waals surface area contributed by atoms with E-state index in [9.17, 15) is 14.0 Å². The number of amides is 1. The standard InChI is InChI=1S/C20H22FNO3/c1-3-15(16-7-5-4-6-8-16)13-22-19(23)14(2)25-20(24)17-9-11-18(21)12-10-17/h4-12,14-15H,3,13H2,1-2H3,(H,22,23)/t14-,15-/m1/s1. The molecule has 25 heavy (non-hydrogen) atoms. The number of nitrogens with one attached hydrogen (secondary N) is 1. The molecule has 0 aliphatic heterocycles. The van der Waals surface area contributed by atoms with Gasteiger partial charge in [-0.15, -0.1) is 0 Å². The number of ether oxygens (including phenoxy) is 1. The number of benzene rings is 2. The molecule has 0 spiro atoms. The molecule has 2 aromatic rings. The van der Waals surface area contributed by atoms with Gasteiger partial charge < -0.3 is 10.1 Å². The van der Waals surface area contributed by atoms with Crippen molar-refractivity contribution in [1.29, 1.82) is 0 Å². The maximum atomic E-state index is 12.9. The number of carbonyl (C=O) groups is 2. The Bertz CT molecular complexity index is 701. The molecule has 0 unspecified atom stereocenters. The second-order valence-electron chi connectivity index (χ2n) is 5.82. The third-order valence-corrected chi connectivity index (χ3v) is 4.02. The summed E-state index contributed by atoms with van der Waals surface area (Å²) in [7, 11) is 0. The predicted octanol–water partition coefficient (Wildman–Crippen LogP) is 3.68. The smallest absolute Gasteiger partial charge is 0.338 e. The number of halogens is 1. The van der Waals surface area contributed by atoms with Crippen LogP contribution in [0.3, 0.4) is 0 Å². The molecule has 0 bridgehead atoms. The van der Waals surface area contributed by atoms with Crippen molar-refractivity contribution < 1.29 is 18.7 Å². The zero-order valence-corrected chi connectivity index (χ0v) is 14.4. The van der Waals surface area contributed by atoms with E-state index in [1.165, 1.54) is 31.2 Å². The van der Waals surface area contributed by atoms with E-state index in [0.29, 0.717) is 6.54 Å². The molecule has 0 radical (unpaired) electrons. The summed E-state index contributed by atoms with van der Waals surface area (Å²) in [6.45, 7) is 4.04. The molecule has 2 atom stereocenters. The minimum absolute atomic E-state index is 0.199. The third kappa shape index (κ3) is 5.41. The highest BCUT2D eigenvalue weighted by Gasteiger charge is 2.20.